The molecule has 2 atom stereocenters. The van der Waals surface area contributed by atoms with Crippen LogP contribution in [-0.2, 0) is 14.4 Å². The lowest BCUT2D eigenvalue weighted by Gasteiger charge is -2.25. The highest BCUT2D eigenvalue weighted by Gasteiger charge is 2.46. The first kappa shape index (κ1) is 15.7. The Morgan fingerprint density at radius 3 is 2.24 bits per heavy atom. The van der Waals surface area contributed by atoms with E-state index in [1.54, 1.807) is 0 Å². The molecule has 5 nitrogen and oxygen atoms in total. The Morgan fingerprint density at radius 2 is 1.76 bits per heavy atom. The third kappa shape index (κ3) is 3.34. The molecule has 0 aromatic rings. The molecule has 0 saturated carbocycles. The fraction of sp³-hybridized carbons (Fsp3) is 0.688. The lowest BCUT2D eigenvalue weighted by Crippen LogP contribution is -2.44. The van der Waals surface area contributed by atoms with E-state index in [0.717, 1.165) is 6.42 Å². The average molecular weight is 292 g/mol. The molecule has 1 saturated heterocycles. The summed E-state index contributed by atoms with van der Waals surface area (Å²) in [7, 11) is 0. The Hall–Kier alpha value is -1.65. The number of carbonyl (C=O) groups is 3. The topological polar surface area (TPSA) is 66.5 Å². The van der Waals surface area contributed by atoms with Crippen molar-refractivity contribution in [2.45, 2.75) is 52.0 Å². The van der Waals surface area contributed by atoms with E-state index in [4.69, 9.17) is 0 Å². The summed E-state index contributed by atoms with van der Waals surface area (Å²) in [6.45, 7) is 6.11. The molecule has 1 N–H and O–H groups in total. The lowest BCUT2D eigenvalue weighted by molar-refractivity contribution is -0.140. The molecule has 2 aliphatic rings. The Kier molecular flexibility index (Phi) is 4.49. The highest BCUT2D eigenvalue weighted by molar-refractivity contribution is 6.05. The van der Waals surface area contributed by atoms with Gasteiger partial charge in [0.15, 0.2) is 0 Å². The lowest BCUT2D eigenvalue weighted by atomic mass is 9.85. The summed E-state index contributed by atoms with van der Waals surface area (Å²) in [4.78, 5) is 37.7. The minimum Gasteiger partial charge on any atom is -0.351 e. The Balaban J connectivity index is 1.91. The van der Waals surface area contributed by atoms with Crippen molar-refractivity contribution in [2.24, 2.45) is 11.8 Å². The fourth-order valence-electron chi connectivity index (χ4n) is 2.83. The van der Waals surface area contributed by atoms with Crippen LogP contribution in [0.3, 0.4) is 0 Å². The van der Waals surface area contributed by atoms with Crippen LogP contribution in [0.1, 0.15) is 46.5 Å². The summed E-state index contributed by atoms with van der Waals surface area (Å²) in [5.74, 6) is -0.764. The van der Waals surface area contributed by atoms with Crippen LogP contribution in [0.4, 0.5) is 0 Å². The van der Waals surface area contributed by atoms with Crippen molar-refractivity contribution in [3.8, 4) is 0 Å². The van der Waals surface area contributed by atoms with E-state index >= 15 is 0 Å². The second-order valence-electron chi connectivity index (χ2n) is 6.52. The second kappa shape index (κ2) is 6.00. The number of carbonyl (C=O) groups excluding carboxylic acids is 3. The Labute approximate surface area is 125 Å². The summed E-state index contributed by atoms with van der Waals surface area (Å²) in [6.07, 6.45) is 6.21. The number of likely N-dealkylation sites (tertiary alicyclic amines) is 1. The van der Waals surface area contributed by atoms with Gasteiger partial charge in [0.05, 0.1) is 11.8 Å². The maximum Gasteiger partial charge on any atom is 0.233 e. The quantitative estimate of drug-likeness (QED) is 0.618. The highest BCUT2D eigenvalue weighted by Crippen LogP contribution is 2.34. The summed E-state index contributed by atoms with van der Waals surface area (Å²) >= 11 is 0. The predicted molar refractivity (Wildman–Crippen MR) is 79.2 cm³/mol. The number of nitrogens with one attached hydrogen (secondary N) is 1. The van der Waals surface area contributed by atoms with Gasteiger partial charge in [-0.3, -0.25) is 19.3 Å². The van der Waals surface area contributed by atoms with E-state index in [1.807, 2.05) is 32.9 Å². The van der Waals surface area contributed by atoms with Crippen LogP contribution < -0.4 is 5.32 Å². The third-order valence-corrected chi connectivity index (χ3v) is 4.52. The van der Waals surface area contributed by atoms with Gasteiger partial charge in [-0.2, -0.15) is 0 Å². The molecule has 2 rings (SSSR count). The van der Waals surface area contributed by atoms with Crippen LogP contribution in [-0.4, -0.2) is 34.7 Å². The summed E-state index contributed by atoms with van der Waals surface area (Å²) in [5.41, 5.74) is -0.256. The smallest absolute Gasteiger partial charge is 0.233 e. The zero-order valence-electron chi connectivity index (χ0n) is 13.0. The Bertz CT molecular complexity index is 456. The van der Waals surface area contributed by atoms with Crippen molar-refractivity contribution in [3.05, 3.63) is 12.2 Å². The largest absolute Gasteiger partial charge is 0.351 e. The van der Waals surface area contributed by atoms with E-state index in [2.05, 4.69) is 5.32 Å². The van der Waals surface area contributed by atoms with Crippen LogP contribution in [0.2, 0.25) is 0 Å². The van der Waals surface area contributed by atoms with Gasteiger partial charge in [-0.25, -0.2) is 0 Å². The minimum atomic E-state index is -0.256. The van der Waals surface area contributed by atoms with Crippen LogP contribution in [0.15, 0.2) is 12.2 Å². The highest BCUT2D eigenvalue weighted by atomic mass is 16.2. The van der Waals surface area contributed by atoms with E-state index < -0.39 is 0 Å². The molecular formula is C16H24N2O3. The maximum absolute atomic E-state index is 12.2. The average Bonchev–Trinajstić information content (AvgIpc) is 2.69. The molecule has 0 spiro atoms. The van der Waals surface area contributed by atoms with Gasteiger partial charge < -0.3 is 5.32 Å². The molecule has 0 bridgehead atoms. The van der Waals surface area contributed by atoms with Gasteiger partial charge in [0.2, 0.25) is 17.7 Å². The SMILES string of the molecule is CCC(C)(C)NC(=O)CCN1C(=O)C2CC=CCC2C1=O. The van der Waals surface area contributed by atoms with Crippen LogP contribution >= 0.6 is 0 Å². The minimum absolute atomic E-state index is 0.114. The molecule has 3 amide bonds. The van der Waals surface area contributed by atoms with E-state index in [0.29, 0.717) is 12.8 Å². The molecule has 5 heteroatoms. The number of nitrogens with zero attached hydrogens (tertiary/aromatic N) is 1. The van der Waals surface area contributed by atoms with Gasteiger partial charge >= 0.3 is 0 Å². The first-order valence-electron chi connectivity index (χ1n) is 7.67. The van der Waals surface area contributed by atoms with Crippen molar-refractivity contribution < 1.29 is 14.4 Å². The monoisotopic (exact) mass is 292 g/mol. The van der Waals surface area contributed by atoms with Crippen molar-refractivity contribution in [3.63, 3.8) is 0 Å². The van der Waals surface area contributed by atoms with Gasteiger partial charge in [0.25, 0.3) is 0 Å². The van der Waals surface area contributed by atoms with Gasteiger partial charge in [0, 0.05) is 18.5 Å². The van der Waals surface area contributed by atoms with Crippen molar-refractivity contribution >= 4 is 17.7 Å². The van der Waals surface area contributed by atoms with E-state index in [9.17, 15) is 14.4 Å². The third-order valence-electron chi connectivity index (χ3n) is 4.52. The summed E-state index contributed by atoms with van der Waals surface area (Å²) in [5, 5.41) is 2.92. The van der Waals surface area contributed by atoms with Gasteiger partial charge in [0.1, 0.15) is 0 Å². The predicted octanol–water partition coefficient (Wildman–Crippen LogP) is 1.63. The molecule has 1 aliphatic heterocycles. The standard InChI is InChI=1S/C16H24N2O3/c1-4-16(2,3)17-13(19)9-10-18-14(20)11-7-5-6-8-12(11)15(18)21/h5-6,11-12H,4,7-10H2,1-3H3,(H,17,19). The molecule has 2 unspecified atom stereocenters. The number of hydrogen-bond acceptors (Lipinski definition) is 3. The Morgan fingerprint density at radius 1 is 1.24 bits per heavy atom. The summed E-state index contributed by atoms with van der Waals surface area (Å²) < 4.78 is 0. The first-order chi connectivity index (χ1) is 9.85. The van der Waals surface area contributed by atoms with Crippen LogP contribution in [0.5, 0.6) is 0 Å². The molecule has 1 aliphatic carbocycles. The van der Waals surface area contributed by atoms with Crippen LogP contribution in [0, 0.1) is 11.8 Å². The number of fused-ring (bicyclic) bond motifs is 1. The summed E-state index contributed by atoms with van der Waals surface area (Å²) in [6, 6.07) is 0. The van der Waals surface area contributed by atoms with E-state index in [1.165, 1.54) is 4.90 Å². The normalized spacial score (nSPS) is 25.2. The molecule has 116 valence electrons. The second-order valence-corrected chi connectivity index (χ2v) is 6.52. The van der Waals surface area contributed by atoms with Crippen molar-refractivity contribution in [2.75, 3.05) is 6.54 Å². The zero-order valence-corrected chi connectivity index (χ0v) is 13.0. The van der Waals surface area contributed by atoms with Gasteiger partial charge in [-0.1, -0.05) is 19.1 Å². The molecule has 21 heavy (non-hydrogen) atoms. The number of hydrogen-bond donors (Lipinski definition) is 1. The molecule has 0 aromatic heterocycles. The number of imide groups is 1. The number of allylic oxidation sites excluding steroid dienone is 2. The first-order valence-corrected chi connectivity index (χ1v) is 7.67. The maximum atomic E-state index is 12.2. The fourth-order valence-corrected chi connectivity index (χ4v) is 2.83. The molecule has 1 fully saturated rings. The van der Waals surface area contributed by atoms with Crippen LogP contribution in [0.25, 0.3) is 0 Å². The number of amides is 3. The molecule has 0 aromatic carbocycles. The van der Waals surface area contributed by atoms with Gasteiger partial charge in [-0.05, 0) is 33.1 Å². The molecule has 0 radical (unpaired) electrons. The zero-order chi connectivity index (χ0) is 15.6. The van der Waals surface area contributed by atoms with Crippen molar-refractivity contribution in [1.29, 1.82) is 0 Å². The van der Waals surface area contributed by atoms with Gasteiger partial charge in [-0.15, -0.1) is 0 Å². The van der Waals surface area contributed by atoms with Crippen molar-refractivity contribution in [1.82, 2.24) is 10.2 Å². The number of rotatable bonds is 5. The molecular weight excluding hydrogens is 268 g/mol. The molecule has 1 heterocycles. The van der Waals surface area contributed by atoms with E-state index in [-0.39, 0.29) is 48.1 Å².